The van der Waals surface area contributed by atoms with E-state index in [0.29, 0.717) is 13.2 Å². The van der Waals surface area contributed by atoms with Crippen LogP contribution < -0.4 is 4.74 Å². The Kier molecular flexibility index (Phi) is 5.92. The highest BCUT2D eigenvalue weighted by atomic mass is 19.1. The Bertz CT molecular complexity index is 680. The molecule has 0 N–H and O–H groups in total. The maximum absolute atomic E-state index is 12.9. The number of halogens is 1. The van der Waals surface area contributed by atoms with Gasteiger partial charge in [0, 0.05) is 25.2 Å². The molecule has 0 aliphatic heterocycles. The Balaban J connectivity index is 2.01. The maximum Gasteiger partial charge on any atom is 0.246 e. The smallest absolute Gasteiger partial charge is 0.246 e. The molecular formula is C19H20FNO2. The molecule has 4 heteroatoms. The highest BCUT2D eigenvalue weighted by molar-refractivity contribution is 5.92. The summed E-state index contributed by atoms with van der Waals surface area (Å²) in [6, 6.07) is 13.7. The van der Waals surface area contributed by atoms with Crippen LogP contribution in [0.25, 0.3) is 6.08 Å². The molecule has 0 spiro atoms. The van der Waals surface area contributed by atoms with Gasteiger partial charge in [-0.3, -0.25) is 4.79 Å². The van der Waals surface area contributed by atoms with E-state index in [1.165, 1.54) is 18.2 Å². The van der Waals surface area contributed by atoms with Crippen molar-refractivity contribution in [1.29, 1.82) is 0 Å². The summed E-state index contributed by atoms with van der Waals surface area (Å²) in [6.45, 7) is 2.92. The Morgan fingerprint density at radius 1 is 1.17 bits per heavy atom. The van der Waals surface area contributed by atoms with Crippen molar-refractivity contribution in [2.45, 2.75) is 13.5 Å². The molecule has 0 aliphatic carbocycles. The van der Waals surface area contributed by atoms with E-state index >= 15 is 0 Å². The summed E-state index contributed by atoms with van der Waals surface area (Å²) in [5.41, 5.74) is 1.74. The van der Waals surface area contributed by atoms with Gasteiger partial charge in [0.2, 0.25) is 5.91 Å². The molecule has 0 aromatic heterocycles. The Hall–Kier alpha value is -2.62. The molecule has 0 radical (unpaired) electrons. The first-order chi connectivity index (χ1) is 11.1. The van der Waals surface area contributed by atoms with Crippen molar-refractivity contribution in [2.75, 3.05) is 13.7 Å². The van der Waals surface area contributed by atoms with Crippen molar-refractivity contribution in [3.8, 4) is 5.75 Å². The summed E-state index contributed by atoms with van der Waals surface area (Å²) < 4.78 is 18.4. The third-order valence-corrected chi connectivity index (χ3v) is 3.33. The van der Waals surface area contributed by atoms with Crippen LogP contribution in [-0.4, -0.2) is 24.5 Å². The van der Waals surface area contributed by atoms with Gasteiger partial charge in [-0.15, -0.1) is 0 Å². The predicted octanol–water partition coefficient (Wildman–Crippen LogP) is 3.90. The van der Waals surface area contributed by atoms with E-state index < -0.39 is 0 Å². The molecule has 0 atom stereocenters. The number of ether oxygens (including phenoxy) is 1. The molecule has 3 nitrogen and oxygen atoms in total. The number of carbonyl (C=O) groups is 1. The van der Waals surface area contributed by atoms with Crippen LogP contribution in [0, 0.1) is 5.82 Å². The van der Waals surface area contributed by atoms with Crippen LogP contribution in [0.4, 0.5) is 4.39 Å². The lowest BCUT2D eigenvalue weighted by molar-refractivity contribution is -0.125. The average Bonchev–Trinajstić information content (AvgIpc) is 2.56. The lowest BCUT2D eigenvalue weighted by Crippen LogP contribution is -2.24. The summed E-state index contributed by atoms with van der Waals surface area (Å²) in [6.07, 6.45) is 3.26. The molecule has 0 heterocycles. The van der Waals surface area contributed by atoms with Gasteiger partial charge in [0.05, 0.1) is 6.61 Å². The molecular weight excluding hydrogens is 293 g/mol. The van der Waals surface area contributed by atoms with Gasteiger partial charge in [-0.05, 0) is 36.8 Å². The molecule has 0 saturated heterocycles. The van der Waals surface area contributed by atoms with Crippen molar-refractivity contribution >= 4 is 12.0 Å². The monoisotopic (exact) mass is 313 g/mol. The molecule has 120 valence electrons. The van der Waals surface area contributed by atoms with Gasteiger partial charge in [-0.25, -0.2) is 4.39 Å². The van der Waals surface area contributed by atoms with Crippen LogP contribution in [0.3, 0.4) is 0 Å². The number of likely N-dealkylation sites (N-methyl/N-ethyl adjacent to an activating group) is 1. The van der Waals surface area contributed by atoms with Gasteiger partial charge in [0.1, 0.15) is 11.6 Å². The van der Waals surface area contributed by atoms with Crippen LogP contribution in [0.5, 0.6) is 5.75 Å². The number of amides is 1. The van der Waals surface area contributed by atoms with E-state index in [9.17, 15) is 9.18 Å². The summed E-state index contributed by atoms with van der Waals surface area (Å²) in [5.74, 6) is 0.344. The van der Waals surface area contributed by atoms with E-state index in [2.05, 4.69) is 0 Å². The van der Waals surface area contributed by atoms with Crippen molar-refractivity contribution in [1.82, 2.24) is 4.90 Å². The van der Waals surface area contributed by atoms with Gasteiger partial charge in [0.25, 0.3) is 0 Å². The number of benzene rings is 2. The van der Waals surface area contributed by atoms with Crippen molar-refractivity contribution in [2.24, 2.45) is 0 Å². The summed E-state index contributed by atoms with van der Waals surface area (Å²) in [4.78, 5) is 13.8. The number of rotatable bonds is 6. The minimum absolute atomic E-state index is 0.124. The first kappa shape index (κ1) is 16.7. The summed E-state index contributed by atoms with van der Waals surface area (Å²) in [7, 11) is 1.71. The third-order valence-electron chi connectivity index (χ3n) is 3.33. The SMILES string of the molecule is CCOc1ccccc1/C=C/C(=O)N(C)Cc1ccc(F)cc1. The van der Waals surface area contributed by atoms with Crippen LogP contribution >= 0.6 is 0 Å². The van der Waals surface area contributed by atoms with Gasteiger partial charge < -0.3 is 9.64 Å². The fourth-order valence-corrected chi connectivity index (χ4v) is 2.14. The fraction of sp³-hybridized carbons (Fsp3) is 0.211. The lowest BCUT2D eigenvalue weighted by Gasteiger charge is -2.15. The number of para-hydroxylation sites is 1. The lowest BCUT2D eigenvalue weighted by atomic mass is 10.1. The first-order valence-electron chi connectivity index (χ1n) is 7.49. The highest BCUT2D eigenvalue weighted by Gasteiger charge is 2.07. The standard InChI is InChI=1S/C19H20FNO2/c1-3-23-18-7-5-4-6-16(18)10-13-19(22)21(2)14-15-8-11-17(20)12-9-15/h4-13H,3,14H2,1-2H3/b13-10+. The first-order valence-corrected chi connectivity index (χ1v) is 7.49. The minimum Gasteiger partial charge on any atom is -0.493 e. The van der Waals surface area contributed by atoms with Crippen molar-refractivity contribution in [3.05, 3.63) is 71.6 Å². The van der Waals surface area contributed by atoms with Gasteiger partial charge >= 0.3 is 0 Å². The zero-order chi connectivity index (χ0) is 16.7. The van der Waals surface area contributed by atoms with Gasteiger partial charge in [-0.2, -0.15) is 0 Å². The zero-order valence-corrected chi connectivity index (χ0v) is 13.3. The van der Waals surface area contributed by atoms with Crippen molar-refractivity contribution < 1.29 is 13.9 Å². The molecule has 0 bridgehead atoms. The molecule has 0 fully saturated rings. The van der Waals surface area contributed by atoms with E-state index in [-0.39, 0.29) is 11.7 Å². The van der Waals surface area contributed by atoms with E-state index in [1.54, 1.807) is 30.2 Å². The maximum atomic E-state index is 12.9. The van der Waals surface area contributed by atoms with E-state index in [1.807, 2.05) is 31.2 Å². The van der Waals surface area contributed by atoms with Crippen LogP contribution in [0.15, 0.2) is 54.6 Å². The quantitative estimate of drug-likeness (QED) is 0.757. The van der Waals surface area contributed by atoms with E-state index in [4.69, 9.17) is 4.74 Å². The average molecular weight is 313 g/mol. The molecule has 2 aromatic rings. The van der Waals surface area contributed by atoms with Crippen LogP contribution in [0.2, 0.25) is 0 Å². The zero-order valence-electron chi connectivity index (χ0n) is 13.3. The molecule has 0 saturated carbocycles. The normalized spacial score (nSPS) is 10.7. The van der Waals surface area contributed by atoms with E-state index in [0.717, 1.165) is 16.9 Å². The Labute approximate surface area is 136 Å². The molecule has 23 heavy (non-hydrogen) atoms. The fourth-order valence-electron chi connectivity index (χ4n) is 2.14. The number of hydrogen-bond acceptors (Lipinski definition) is 2. The second-order valence-corrected chi connectivity index (χ2v) is 5.12. The van der Waals surface area contributed by atoms with Gasteiger partial charge in [0.15, 0.2) is 0 Å². The van der Waals surface area contributed by atoms with Gasteiger partial charge in [-0.1, -0.05) is 30.3 Å². The number of carbonyl (C=O) groups excluding carboxylic acids is 1. The third kappa shape index (κ3) is 4.95. The minimum atomic E-state index is -0.282. The summed E-state index contributed by atoms with van der Waals surface area (Å²) >= 11 is 0. The Morgan fingerprint density at radius 3 is 2.57 bits per heavy atom. The molecule has 1 amide bonds. The number of nitrogens with zero attached hydrogens (tertiary/aromatic N) is 1. The largest absolute Gasteiger partial charge is 0.493 e. The second kappa shape index (κ2) is 8.13. The predicted molar refractivity (Wildman–Crippen MR) is 89.5 cm³/mol. The molecule has 2 aromatic carbocycles. The molecule has 0 unspecified atom stereocenters. The second-order valence-electron chi connectivity index (χ2n) is 5.12. The Morgan fingerprint density at radius 2 is 1.87 bits per heavy atom. The summed E-state index contributed by atoms with van der Waals surface area (Å²) in [5, 5.41) is 0. The van der Waals surface area contributed by atoms with Crippen molar-refractivity contribution in [3.63, 3.8) is 0 Å². The van der Waals surface area contributed by atoms with Crippen LogP contribution in [0.1, 0.15) is 18.1 Å². The molecule has 2 rings (SSSR count). The highest BCUT2D eigenvalue weighted by Crippen LogP contribution is 2.19. The number of hydrogen-bond donors (Lipinski definition) is 0. The topological polar surface area (TPSA) is 29.5 Å². The molecule has 0 aliphatic rings. The van der Waals surface area contributed by atoms with Crippen LogP contribution in [-0.2, 0) is 11.3 Å².